The van der Waals surface area contributed by atoms with E-state index in [1.807, 2.05) is 24.3 Å². The van der Waals surface area contributed by atoms with Crippen molar-refractivity contribution < 1.29 is 18.1 Å². The normalized spacial score (nSPS) is 14.3. The molecule has 3 aromatic carbocycles. The van der Waals surface area contributed by atoms with Crippen molar-refractivity contribution in [2.75, 3.05) is 6.54 Å². The Morgan fingerprint density at radius 1 is 1.11 bits per heavy atom. The van der Waals surface area contributed by atoms with E-state index in [4.69, 9.17) is 6.42 Å². The number of amides is 1. The van der Waals surface area contributed by atoms with E-state index in [0.717, 1.165) is 22.5 Å². The predicted molar refractivity (Wildman–Crippen MR) is 139 cm³/mol. The van der Waals surface area contributed by atoms with Gasteiger partial charge in [0.1, 0.15) is 0 Å². The number of fused-ring (bicyclic) bond motifs is 2. The fourth-order valence-electron chi connectivity index (χ4n) is 4.25. The molecule has 2 heterocycles. The largest absolute Gasteiger partial charge is 0.305 e. The van der Waals surface area contributed by atoms with Crippen LogP contribution in [0.15, 0.2) is 76.6 Å². The highest BCUT2D eigenvalue weighted by Gasteiger charge is 2.28. The second-order valence-corrected chi connectivity index (χ2v) is 11.3. The van der Waals surface area contributed by atoms with Gasteiger partial charge in [-0.1, -0.05) is 41.5 Å². The quantitative estimate of drug-likeness (QED) is 0.221. The van der Waals surface area contributed by atoms with E-state index < -0.39 is 20.9 Å². The molecule has 186 valence electrons. The molecule has 0 fully saturated rings. The molecule has 0 atom stereocenters. The molecule has 0 spiro atoms. The lowest BCUT2D eigenvalue weighted by atomic mass is 10.0. The highest BCUT2D eigenvalue weighted by molar-refractivity contribution is 7.89. The van der Waals surface area contributed by atoms with Crippen LogP contribution in [0, 0.1) is 22.5 Å². The van der Waals surface area contributed by atoms with Crippen LogP contribution >= 0.6 is 11.3 Å². The number of nitro groups is 1. The molecule has 0 saturated heterocycles. The smallest absolute Gasteiger partial charge is 0.279 e. The average Bonchev–Trinajstić information content (AvgIpc) is 3.24. The number of carbonyl (C=O) groups excluding carboxylic acids is 1. The maximum absolute atomic E-state index is 13.2. The third kappa shape index (κ3) is 4.70. The predicted octanol–water partition coefficient (Wildman–Crippen LogP) is 3.73. The summed E-state index contributed by atoms with van der Waals surface area (Å²) in [6.07, 6.45) is 6.12. The molecule has 11 heteroatoms. The summed E-state index contributed by atoms with van der Waals surface area (Å²) in [4.78, 5) is 28.1. The molecular formula is C26H20N4O5S2. The van der Waals surface area contributed by atoms with Crippen molar-refractivity contribution in [1.29, 1.82) is 0 Å². The van der Waals surface area contributed by atoms with Gasteiger partial charge < -0.3 is 4.57 Å². The van der Waals surface area contributed by atoms with Gasteiger partial charge in [-0.2, -0.15) is 9.30 Å². The molecule has 5 rings (SSSR count). The van der Waals surface area contributed by atoms with Gasteiger partial charge in [0, 0.05) is 30.8 Å². The number of terminal acetylenes is 1. The molecule has 37 heavy (non-hydrogen) atoms. The van der Waals surface area contributed by atoms with Crippen molar-refractivity contribution in [2.24, 2.45) is 4.99 Å². The van der Waals surface area contributed by atoms with Crippen LogP contribution in [0.2, 0.25) is 0 Å². The van der Waals surface area contributed by atoms with Gasteiger partial charge in [-0.3, -0.25) is 14.9 Å². The molecule has 0 radical (unpaired) electrons. The summed E-state index contributed by atoms with van der Waals surface area (Å²) in [6, 6.07) is 17.8. The number of sulfonamides is 1. The van der Waals surface area contributed by atoms with Gasteiger partial charge in [-0.25, -0.2) is 8.42 Å². The number of thiazole rings is 1. The molecule has 1 aliphatic rings. The SMILES string of the molecule is C#CCn1c(=NC(=O)c2ccc(S(=O)(=O)N3CCc4ccccc4C3)cc2)sc2cc([N+](=O)[O-])ccc21. The van der Waals surface area contributed by atoms with Crippen molar-refractivity contribution in [2.45, 2.75) is 24.4 Å². The monoisotopic (exact) mass is 532 g/mol. The molecule has 0 N–H and O–H groups in total. The van der Waals surface area contributed by atoms with Crippen LogP contribution in [0.4, 0.5) is 5.69 Å². The Morgan fingerprint density at radius 3 is 2.54 bits per heavy atom. The molecule has 9 nitrogen and oxygen atoms in total. The highest BCUT2D eigenvalue weighted by Crippen LogP contribution is 2.26. The van der Waals surface area contributed by atoms with Crippen LogP contribution in [-0.4, -0.2) is 34.7 Å². The van der Waals surface area contributed by atoms with Crippen molar-refractivity contribution in [3.8, 4) is 12.3 Å². The molecule has 1 amide bonds. The zero-order chi connectivity index (χ0) is 26.2. The Morgan fingerprint density at radius 2 is 1.84 bits per heavy atom. The molecule has 4 aromatic rings. The van der Waals surface area contributed by atoms with Gasteiger partial charge in [0.2, 0.25) is 10.0 Å². The lowest BCUT2D eigenvalue weighted by Gasteiger charge is -2.28. The number of benzene rings is 3. The van der Waals surface area contributed by atoms with E-state index in [1.165, 1.54) is 40.7 Å². The first-order chi connectivity index (χ1) is 17.8. The van der Waals surface area contributed by atoms with Gasteiger partial charge in [0.15, 0.2) is 4.80 Å². The van der Waals surface area contributed by atoms with Crippen molar-refractivity contribution in [1.82, 2.24) is 8.87 Å². The standard InChI is InChI=1S/C26H20N4O5S2/c1-2-14-29-23-12-9-21(30(32)33)16-24(23)36-26(29)27-25(31)19-7-10-22(11-8-19)37(34,35)28-15-13-18-5-3-4-6-20(18)17-28/h1,3-12,16H,13-15,17H2. The Hall–Kier alpha value is -4.11. The zero-order valence-corrected chi connectivity index (χ0v) is 21.0. The zero-order valence-electron chi connectivity index (χ0n) is 19.4. The molecular weight excluding hydrogens is 512 g/mol. The topological polar surface area (TPSA) is 115 Å². The summed E-state index contributed by atoms with van der Waals surface area (Å²) in [5, 5.41) is 11.1. The van der Waals surface area contributed by atoms with Gasteiger partial charge in [0.25, 0.3) is 11.6 Å². The van der Waals surface area contributed by atoms with Crippen molar-refractivity contribution in [3.05, 3.63) is 98.3 Å². The molecule has 0 bridgehead atoms. The third-order valence-electron chi connectivity index (χ3n) is 6.16. The summed E-state index contributed by atoms with van der Waals surface area (Å²) in [5.41, 5.74) is 2.89. The number of rotatable bonds is 5. The van der Waals surface area contributed by atoms with E-state index in [0.29, 0.717) is 34.5 Å². The minimum Gasteiger partial charge on any atom is -0.305 e. The minimum atomic E-state index is -3.74. The van der Waals surface area contributed by atoms with Crippen LogP contribution < -0.4 is 4.80 Å². The number of non-ortho nitro benzene ring substituents is 1. The van der Waals surface area contributed by atoms with Crippen LogP contribution in [0.1, 0.15) is 21.5 Å². The molecule has 1 aliphatic heterocycles. The van der Waals surface area contributed by atoms with E-state index >= 15 is 0 Å². The van der Waals surface area contributed by atoms with Gasteiger partial charge in [-0.15, -0.1) is 6.42 Å². The fraction of sp³-hybridized carbons (Fsp3) is 0.154. The molecule has 1 aromatic heterocycles. The maximum Gasteiger partial charge on any atom is 0.279 e. The number of carbonyl (C=O) groups is 1. The number of hydrogen-bond donors (Lipinski definition) is 0. The molecule has 0 aliphatic carbocycles. The van der Waals surface area contributed by atoms with E-state index in [2.05, 4.69) is 10.9 Å². The summed E-state index contributed by atoms with van der Waals surface area (Å²) in [7, 11) is -3.74. The first-order valence-electron chi connectivity index (χ1n) is 11.3. The molecule has 0 saturated carbocycles. The summed E-state index contributed by atoms with van der Waals surface area (Å²) in [5.74, 6) is 1.93. The Balaban J connectivity index is 1.43. The first-order valence-corrected chi connectivity index (χ1v) is 13.5. The van der Waals surface area contributed by atoms with Crippen LogP contribution in [0.25, 0.3) is 10.2 Å². The van der Waals surface area contributed by atoms with Gasteiger partial charge in [0.05, 0.1) is 26.6 Å². The van der Waals surface area contributed by atoms with Crippen LogP contribution in [0.3, 0.4) is 0 Å². The Bertz CT molecular complexity index is 1760. The fourth-order valence-corrected chi connectivity index (χ4v) is 6.73. The van der Waals surface area contributed by atoms with E-state index in [1.54, 1.807) is 10.6 Å². The lowest BCUT2D eigenvalue weighted by molar-refractivity contribution is -0.384. The highest BCUT2D eigenvalue weighted by atomic mass is 32.2. The average molecular weight is 533 g/mol. The van der Waals surface area contributed by atoms with Crippen LogP contribution in [-0.2, 0) is 29.5 Å². The summed E-state index contributed by atoms with van der Waals surface area (Å²) < 4.78 is 30.1. The second-order valence-electron chi connectivity index (χ2n) is 8.38. The van der Waals surface area contributed by atoms with Crippen molar-refractivity contribution >= 4 is 43.2 Å². The number of nitrogens with zero attached hydrogens (tertiary/aromatic N) is 4. The van der Waals surface area contributed by atoms with Gasteiger partial charge >= 0.3 is 0 Å². The van der Waals surface area contributed by atoms with Gasteiger partial charge in [-0.05, 0) is 47.9 Å². The van der Waals surface area contributed by atoms with E-state index in [-0.39, 0.29) is 22.7 Å². The number of hydrogen-bond acceptors (Lipinski definition) is 6. The lowest BCUT2D eigenvalue weighted by Crippen LogP contribution is -2.35. The van der Waals surface area contributed by atoms with Crippen molar-refractivity contribution in [3.63, 3.8) is 0 Å². The maximum atomic E-state index is 13.2. The first kappa shape index (κ1) is 24.6. The van der Waals surface area contributed by atoms with E-state index in [9.17, 15) is 23.3 Å². The number of aromatic nitrogens is 1. The summed E-state index contributed by atoms with van der Waals surface area (Å²) in [6.45, 7) is 0.808. The third-order valence-corrected chi connectivity index (χ3v) is 9.06. The molecule has 0 unspecified atom stereocenters. The minimum absolute atomic E-state index is 0.0755. The number of nitro benzene ring substituents is 1. The van der Waals surface area contributed by atoms with Crippen LogP contribution in [0.5, 0.6) is 0 Å². The summed E-state index contributed by atoms with van der Waals surface area (Å²) >= 11 is 1.11. The Kier molecular flexibility index (Phi) is 6.47. The second kappa shape index (κ2) is 9.74. The Labute approximate surface area is 216 Å².